The molecular formula is C11H14ClN5O. The molecule has 0 unspecified atom stereocenters. The van der Waals surface area contributed by atoms with Gasteiger partial charge in [-0.15, -0.1) is 11.6 Å². The molecule has 1 fully saturated rings. The van der Waals surface area contributed by atoms with Crippen LogP contribution < -0.4 is 10.5 Å². The molecule has 0 bridgehead atoms. The van der Waals surface area contributed by atoms with E-state index in [4.69, 9.17) is 11.6 Å². The molecule has 0 saturated carbocycles. The second kappa shape index (κ2) is 4.61. The minimum Gasteiger partial charge on any atom is -0.341 e. The van der Waals surface area contributed by atoms with Crippen molar-refractivity contribution < 1.29 is 0 Å². The molecule has 0 aromatic carbocycles. The zero-order valence-corrected chi connectivity index (χ0v) is 10.7. The maximum atomic E-state index is 11.8. The van der Waals surface area contributed by atoms with Gasteiger partial charge in [-0.1, -0.05) is 0 Å². The highest BCUT2D eigenvalue weighted by Gasteiger charge is 2.15. The van der Waals surface area contributed by atoms with Gasteiger partial charge in [-0.3, -0.25) is 9.89 Å². The van der Waals surface area contributed by atoms with Gasteiger partial charge in [0.15, 0.2) is 0 Å². The lowest BCUT2D eigenvalue weighted by atomic mass is 10.1. The van der Waals surface area contributed by atoms with E-state index in [2.05, 4.69) is 20.0 Å². The number of anilines is 1. The van der Waals surface area contributed by atoms with Crippen molar-refractivity contribution in [3.8, 4) is 0 Å². The number of aromatic nitrogens is 4. The number of halogens is 1. The van der Waals surface area contributed by atoms with E-state index in [1.165, 1.54) is 17.0 Å². The van der Waals surface area contributed by atoms with E-state index in [1.54, 1.807) is 0 Å². The lowest BCUT2D eigenvalue weighted by molar-refractivity contribution is 0.568. The minimum atomic E-state index is -0.175. The molecule has 1 aliphatic heterocycles. The average molecular weight is 268 g/mol. The molecule has 3 heterocycles. The first-order valence-electron chi connectivity index (χ1n) is 6.07. The summed E-state index contributed by atoms with van der Waals surface area (Å²) in [6.45, 7) is 1.94. The van der Waals surface area contributed by atoms with Crippen LogP contribution in [0.2, 0.25) is 0 Å². The number of H-pyrrole nitrogens is 1. The first kappa shape index (κ1) is 11.5. The van der Waals surface area contributed by atoms with Crippen molar-refractivity contribution in [3.63, 3.8) is 0 Å². The Labute approximate surface area is 109 Å². The van der Waals surface area contributed by atoms with Crippen LogP contribution >= 0.6 is 11.6 Å². The lowest BCUT2D eigenvalue weighted by Gasteiger charge is -2.25. The lowest BCUT2D eigenvalue weighted by Crippen LogP contribution is -2.30. The number of alkyl halides is 1. The molecule has 6 nitrogen and oxygen atoms in total. The summed E-state index contributed by atoms with van der Waals surface area (Å²) in [6.07, 6.45) is 3.57. The largest absolute Gasteiger partial charge is 0.341 e. The Morgan fingerprint density at radius 3 is 2.78 bits per heavy atom. The number of hydrogen-bond acceptors (Lipinski definition) is 4. The van der Waals surface area contributed by atoms with Crippen LogP contribution in [0.15, 0.2) is 10.9 Å². The molecule has 0 spiro atoms. The summed E-state index contributed by atoms with van der Waals surface area (Å²) in [4.78, 5) is 22.6. The van der Waals surface area contributed by atoms with Crippen LogP contribution in [-0.2, 0) is 5.88 Å². The van der Waals surface area contributed by atoms with Crippen molar-refractivity contribution in [1.82, 2.24) is 19.6 Å². The molecule has 7 heteroatoms. The second-order valence-corrected chi connectivity index (χ2v) is 4.72. The molecule has 2 aromatic rings. The van der Waals surface area contributed by atoms with E-state index in [-0.39, 0.29) is 11.4 Å². The predicted octanol–water partition coefficient (Wildman–Crippen LogP) is 1.15. The molecule has 0 atom stereocenters. The van der Waals surface area contributed by atoms with Gasteiger partial charge in [0.1, 0.15) is 0 Å². The Morgan fingerprint density at radius 1 is 1.28 bits per heavy atom. The summed E-state index contributed by atoms with van der Waals surface area (Å²) < 4.78 is 1.36. The molecule has 1 N–H and O–H groups in total. The first-order valence-corrected chi connectivity index (χ1v) is 6.61. The summed E-state index contributed by atoms with van der Waals surface area (Å²) in [5.74, 6) is 1.32. The fraction of sp³-hybridized carbons (Fsp3) is 0.545. The van der Waals surface area contributed by atoms with E-state index in [9.17, 15) is 4.79 Å². The van der Waals surface area contributed by atoms with Gasteiger partial charge < -0.3 is 4.90 Å². The maximum absolute atomic E-state index is 11.8. The highest BCUT2D eigenvalue weighted by Crippen LogP contribution is 2.15. The van der Waals surface area contributed by atoms with Gasteiger partial charge in [0, 0.05) is 19.2 Å². The summed E-state index contributed by atoms with van der Waals surface area (Å²) in [5.41, 5.74) is 0.379. The average Bonchev–Trinajstić information content (AvgIpc) is 2.84. The third kappa shape index (κ3) is 1.96. The Balaban J connectivity index is 2.04. The fourth-order valence-corrected chi connectivity index (χ4v) is 2.37. The number of hydrogen-bond donors (Lipinski definition) is 1. The molecule has 0 radical (unpaired) electrons. The summed E-state index contributed by atoms with van der Waals surface area (Å²) in [7, 11) is 0. The van der Waals surface area contributed by atoms with Gasteiger partial charge >= 0.3 is 0 Å². The standard InChI is InChI=1S/C11H14ClN5O/c12-7-8-6-9(18)17-10(13-8)14-11(15-17)16-4-2-1-3-5-16/h6H,1-5,7H2,(H,13,14,15). The highest BCUT2D eigenvalue weighted by molar-refractivity contribution is 6.16. The van der Waals surface area contributed by atoms with Crippen LogP contribution in [0.5, 0.6) is 0 Å². The van der Waals surface area contributed by atoms with Crippen molar-refractivity contribution in [2.75, 3.05) is 18.0 Å². The van der Waals surface area contributed by atoms with Crippen LogP contribution in [0.4, 0.5) is 5.95 Å². The van der Waals surface area contributed by atoms with Crippen LogP contribution in [0, 0.1) is 0 Å². The zero-order valence-electron chi connectivity index (χ0n) is 9.90. The molecule has 0 amide bonds. The molecule has 18 heavy (non-hydrogen) atoms. The molecule has 96 valence electrons. The number of rotatable bonds is 2. The third-order valence-electron chi connectivity index (χ3n) is 3.16. The van der Waals surface area contributed by atoms with E-state index < -0.39 is 0 Å². The molecule has 1 saturated heterocycles. The Bertz CT molecular complexity index is 613. The van der Waals surface area contributed by atoms with Gasteiger partial charge in [0.25, 0.3) is 11.3 Å². The number of nitrogens with one attached hydrogen (secondary N) is 1. The van der Waals surface area contributed by atoms with Gasteiger partial charge in [-0.25, -0.2) is 4.98 Å². The van der Waals surface area contributed by atoms with Crippen LogP contribution in [0.3, 0.4) is 0 Å². The smallest absolute Gasteiger partial charge is 0.274 e. The molecule has 3 rings (SSSR count). The maximum Gasteiger partial charge on any atom is 0.274 e. The topological polar surface area (TPSA) is 66.3 Å². The first-order chi connectivity index (χ1) is 8.78. The number of fused-ring (bicyclic) bond motifs is 1. The van der Waals surface area contributed by atoms with Crippen molar-refractivity contribution >= 4 is 23.3 Å². The molecular weight excluding hydrogens is 254 g/mol. The van der Waals surface area contributed by atoms with Gasteiger partial charge in [0.05, 0.1) is 11.6 Å². The Kier molecular flexibility index (Phi) is 2.95. The van der Waals surface area contributed by atoms with Crippen LogP contribution in [-0.4, -0.2) is 32.7 Å². The fourth-order valence-electron chi connectivity index (χ4n) is 2.23. The zero-order chi connectivity index (χ0) is 12.5. The Hall–Kier alpha value is -1.56. The van der Waals surface area contributed by atoms with E-state index in [0.717, 1.165) is 25.9 Å². The van der Waals surface area contributed by atoms with Crippen LogP contribution in [0.25, 0.3) is 5.78 Å². The Morgan fingerprint density at radius 2 is 2.06 bits per heavy atom. The highest BCUT2D eigenvalue weighted by atomic mass is 35.5. The van der Waals surface area contributed by atoms with E-state index in [0.29, 0.717) is 17.4 Å². The second-order valence-electron chi connectivity index (χ2n) is 4.45. The van der Waals surface area contributed by atoms with E-state index >= 15 is 0 Å². The van der Waals surface area contributed by atoms with Gasteiger partial charge in [-0.2, -0.15) is 9.50 Å². The molecule has 2 aromatic heterocycles. The van der Waals surface area contributed by atoms with Gasteiger partial charge in [-0.05, 0) is 19.3 Å². The van der Waals surface area contributed by atoms with E-state index in [1.807, 2.05) is 0 Å². The summed E-state index contributed by atoms with van der Waals surface area (Å²) in [6, 6.07) is 1.43. The minimum absolute atomic E-state index is 0.175. The molecule has 1 aliphatic rings. The van der Waals surface area contributed by atoms with Crippen LogP contribution in [0.1, 0.15) is 25.0 Å². The quantitative estimate of drug-likeness (QED) is 0.829. The predicted molar refractivity (Wildman–Crippen MR) is 69.2 cm³/mol. The number of piperidine rings is 1. The van der Waals surface area contributed by atoms with Crippen molar-refractivity contribution in [2.24, 2.45) is 0 Å². The van der Waals surface area contributed by atoms with Crippen molar-refractivity contribution in [3.05, 3.63) is 22.1 Å². The number of aromatic amines is 1. The van der Waals surface area contributed by atoms with Crippen molar-refractivity contribution in [2.45, 2.75) is 25.1 Å². The van der Waals surface area contributed by atoms with Gasteiger partial charge in [0.2, 0.25) is 5.95 Å². The summed E-state index contributed by atoms with van der Waals surface area (Å²) >= 11 is 5.70. The summed E-state index contributed by atoms with van der Waals surface area (Å²) in [5, 5.41) is 3.00. The normalized spacial score (nSPS) is 16.4. The SMILES string of the molecule is O=c1cc(CCl)nc2nc(N3CCCCC3)[nH]n12. The number of nitrogens with zero attached hydrogens (tertiary/aromatic N) is 4. The van der Waals surface area contributed by atoms with Crippen molar-refractivity contribution in [1.29, 1.82) is 0 Å². The third-order valence-corrected chi connectivity index (χ3v) is 3.44. The molecule has 0 aliphatic carbocycles. The monoisotopic (exact) mass is 267 g/mol.